The van der Waals surface area contributed by atoms with Gasteiger partial charge in [0.25, 0.3) is 0 Å². The predicted octanol–water partition coefficient (Wildman–Crippen LogP) is 18.2. The molecule has 0 bridgehead atoms. The zero-order valence-electron chi connectivity index (χ0n) is 40.6. The van der Waals surface area contributed by atoms with E-state index in [1.165, 1.54) is 116 Å². The molecule has 328 valence electrons. The molecule has 11 rings (SSSR count). The molecule has 1 fully saturated rings. The van der Waals surface area contributed by atoms with Crippen molar-refractivity contribution in [3.8, 4) is 33.4 Å². The normalized spacial score (nSPS) is 16.2. The van der Waals surface area contributed by atoms with Crippen molar-refractivity contribution in [1.82, 2.24) is 0 Å². The van der Waals surface area contributed by atoms with Gasteiger partial charge in [0.15, 0.2) is 5.58 Å². The zero-order chi connectivity index (χ0) is 45.4. The van der Waals surface area contributed by atoms with E-state index in [1.54, 1.807) is 0 Å². The first-order valence-corrected chi connectivity index (χ1v) is 24.3. The van der Waals surface area contributed by atoms with Crippen LogP contribution in [-0.2, 0) is 27.1 Å². The van der Waals surface area contributed by atoms with Crippen LogP contribution in [0.3, 0.4) is 0 Å². The fraction of sp³-hybridized carbons (Fsp3) is 0.333. The fourth-order valence-electron chi connectivity index (χ4n) is 12.0. The van der Waals surface area contributed by atoms with Gasteiger partial charge in [0, 0.05) is 38.5 Å². The van der Waals surface area contributed by atoms with Crippen LogP contribution in [-0.4, -0.2) is 0 Å². The SMILES string of the molecule is CC(C)(C)c1cc(-c2cc(C(C)(C)C)c3oc4c(N(c5ccc6c(c5)C(C)(C)c5ccccc5-6)c5ccc6c(c5)C5(CCCCC5)c5ccccc5-6)cccc4c3c2)cc(C(C)(C)C)c1. The quantitative estimate of drug-likeness (QED) is 0.175. The molecule has 0 aliphatic heterocycles. The molecule has 0 amide bonds. The summed E-state index contributed by atoms with van der Waals surface area (Å²) in [6, 6.07) is 51.7. The van der Waals surface area contributed by atoms with Crippen LogP contribution in [0.4, 0.5) is 17.1 Å². The lowest BCUT2D eigenvalue weighted by atomic mass is 9.68. The third kappa shape index (κ3) is 6.48. The van der Waals surface area contributed by atoms with Crippen LogP contribution < -0.4 is 4.90 Å². The van der Waals surface area contributed by atoms with Crippen molar-refractivity contribution >= 4 is 39.0 Å². The van der Waals surface area contributed by atoms with Crippen LogP contribution in [0.5, 0.6) is 0 Å². The Morgan fingerprint density at radius 1 is 0.446 bits per heavy atom. The molecule has 3 aliphatic carbocycles. The van der Waals surface area contributed by atoms with Gasteiger partial charge in [-0.2, -0.15) is 0 Å². The molecular formula is C63H65NO. The summed E-state index contributed by atoms with van der Waals surface area (Å²) in [5, 5.41) is 2.31. The van der Waals surface area contributed by atoms with E-state index in [2.05, 4.69) is 215 Å². The van der Waals surface area contributed by atoms with Crippen LogP contribution in [0.25, 0.3) is 55.3 Å². The second-order valence-corrected chi connectivity index (χ2v) is 23.4. The van der Waals surface area contributed by atoms with Gasteiger partial charge >= 0.3 is 0 Å². The Hall–Kier alpha value is -5.86. The van der Waals surface area contributed by atoms with E-state index in [0.717, 1.165) is 27.9 Å². The molecule has 2 heteroatoms. The second kappa shape index (κ2) is 14.3. The number of para-hydroxylation sites is 1. The molecule has 65 heavy (non-hydrogen) atoms. The monoisotopic (exact) mass is 852 g/mol. The molecule has 0 radical (unpaired) electrons. The first-order chi connectivity index (χ1) is 30.8. The maximum absolute atomic E-state index is 7.41. The summed E-state index contributed by atoms with van der Waals surface area (Å²) >= 11 is 0. The summed E-state index contributed by atoms with van der Waals surface area (Å²) in [5.74, 6) is 0. The maximum Gasteiger partial charge on any atom is 0.159 e. The van der Waals surface area contributed by atoms with Gasteiger partial charge in [0.05, 0.1) is 5.69 Å². The van der Waals surface area contributed by atoms with E-state index in [4.69, 9.17) is 4.42 Å². The molecule has 3 aliphatic rings. The third-order valence-electron chi connectivity index (χ3n) is 15.7. The van der Waals surface area contributed by atoms with Gasteiger partial charge < -0.3 is 9.32 Å². The van der Waals surface area contributed by atoms with E-state index >= 15 is 0 Å². The van der Waals surface area contributed by atoms with Crippen molar-refractivity contribution in [2.45, 2.75) is 135 Å². The average molecular weight is 852 g/mol. The summed E-state index contributed by atoms with van der Waals surface area (Å²) in [5.41, 5.74) is 22.7. The van der Waals surface area contributed by atoms with Crippen molar-refractivity contribution in [3.05, 3.63) is 172 Å². The molecule has 0 unspecified atom stereocenters. The first-order valence-electron chi connectivity index (χ1n) is 24.3. The van der Waals surface area contributed by atoms with Crippen molar-refractivity contribution < 1.29 is 4.42 Å². The Bertz CT molecular complexity index is 3180. The standard InChI is InChI=1S/C63H65NO/c1-59(2,3)41-32-39(33-42(36-41)60(4,5)6)40-34-50-49-22-19-25-56(58(49)65-57(50)55(35-40)61(7,8)9)64(43-26-28-47-45-20-13-15-23-51(45)62(10,11)53(47)37-43)44-27-29-48-46-21-14-16-24-52(46)63(54(48)38-44)30-17-12-18-31-63/h13-16,19-29,32-38H,12,17-18,30-31H2,1-11H3. The molecule has 1 heterocycles. The summed E-state index contributed by atoms with van der Waals surface area (Å²) < 4.78 is 7.41. The highest BCUT2D eigenvalue weighted by Crippen LogP contribution is 2.58. The Balaban J connectivity index is 1.17. The molecule has 8 aromatic rings. The van der Waals surface area contributed by atoms with E-state index in [9.17, 15) is 0 Å². The highest BCUT2D eigenvalue weighted by atomic mass is 16.3. The largest absolute Gasteiger partial charge is 0.454 e. The Morgan fingerprint density at radius 2 is 1.00 bits per heavy atom. The molecule has 0 N–H and O–H groups in total. The van der Waals surface area contributed by atoms with E-state index in [1.807, 2.05) is 0 Å². The number of fused-ring (bicyclic) bond motifs is 11. The lowest BCUT2D eigenvalue weighted by molar-refractivity contribution is 0.353. The van der Waals surface area contributed by atoms with Crippen LogP contribution in [0.1, 0.15) is 147 Å². The van der Waals surface area contributed by atoms with Crippen molar-refractivity contribution in [1.29, 1.82) is 0 Å². The topological polar surface area (TPSA) is 16.4 Å². The minimum atomic E-state index is -0.166. The fourth-order valence-corrected chi connectivity index (χ4v) is 12.0. The number of nitrogens with zero attached hydrogens (tertiary/aromatic N) is 1. The lowest BCUT2D eigenvalue weighted by Gasteiger charge is -2.36. The lowest BCUT2D eigenvalue weighted by Crippen LogP contribution is -2.28. The minimum absolute atomic E-state index is 0.0141. The second-order valence-electron chi connectivity index (χ2n) is 23.4. The van der Waals surface area contributed by atoms with Gasteiger partial charge in [-0.15, -0.1) is 0 Å². The molecule has 0 atom stereocenters. The van der Waals surface area contributed by atoms with Gasteiger partial charge in [-0.1, -0.05) is 186 Å². The number of benzene rings is 7. The van der Waals surface area contributed by atoms with Crippen LogP contribution >= 0.6 is 0 Å². The first kappa shape index (κ1) is 41.8. The molecule has 7 aromatic carbocycles. The van der Waals surface area contributed by atoms with Gasteiger partial charge in [-0.05, 0) is 138 Å². The van der Waals surface area contributed by atoms with E-state index in [-0.39, 0.29) is 27.1 Å². The molecule has 1 aromatic heterocycles. The summed E-state index contributed by atoms with van der Waals surface area (Å²) in [7, 11) is 0. The summed E-state index contributed by atoms with van der Waals surface area (Å²) in [4.78, 5) is 2.52. The molecular weight excluding hydrogens is 787 g/mol. The number of hydrogen-bond acceptors (Lipinski definition) is 2. The molecule has 2 nitrogen and oxygen atoms in total. The van der Waals surface area contributed by atoms with Gasteiger partial charge in [-0.3, -0.25) is 0 Å². The van der Waals surface area contributed by atoms with Gasteiger partial charge in [0.2, 0.25) is 0 Å². The highest BCUT2D eigenvalue weighted by Gasteiger charge is 2.44. The Kier molecular flexibility index (Phi) is 9.21. The summed E-state index contributed by atoms with van der Waals surface area (Å²) in [6.45, 7) is 25.7. The van der Waals surface area contributed by atoms with Gasteiger partial charge in [0.1, 0.15) is 5.58 Å². The number of hydrogen-bond donors (Lipinski definition) is 0. The number of rotatable bonds is 4. The predicted molar refractivity (Wildman–Crippen MR) is 277 cm³/mol. The van der Waals surface area contributed by atoms with Crippen molar-refractivity contribution in [3.63, 3.8) is 0 Å². The Morgan fingerprint density at radius 3 is 1.63 bits per heavy atom. The number of anilines is 3. The average Bonchev–Trinajstić information content (AvgIpc) is 3.86. The van der Waals surface area contributed by atoms with Crippen molar-refractivity contribution in [2.24, 2.45) is 0 Å². The van der Waals surface area contributed by atoms with Crippen LogP contribution in [0.2, 0.25) is 0 Å². The zero-order valence-corrected chi connectivity index (χ0v) is 40.6. The molecule has 1 spiro atoms. The van der Waals surface area contributed by atoms with Crippen LogP contribution in [0, 0.1) is 0 Å². The number of furan rings is 1. The third-order valence-corrected chi connectivity index (χ3v) is 15.7. The summed E-state index contributed by atoms with van der Waals surface area (Å²) in [6.07, 6.45) is 6.22. The van der Waals surface area contributed by atoms with E-state index in [0.29, 0.717) is 0 Å². The van der Waals surface area contributed by atoms with E-state index < -0.39 is 0 Å². The van der Waals surface area contributed by atoms with Crippen LogP contribution in [0.15, 0.2) is 138 Å². The maximum atomic E-state index is 7.41. The molecule has 0 saturated heterocycles. The Labute approximate surface area is 387 Å². The van der Waals surface area contributed by atoms with Gasteiger partial charge in [-0.25, -0.2) is 0 Å². The smallest absolute Gasteiger partial charge is 0.159 e. The minimum Gasteiger partial charge on any atom is -0.454 e. The highest BCUT2D eigenvalue weighted by molar-refractivity contribution is 6.12. The molecule has 1 saturated carbocycles. The van der Waals surface area contributed by atoms with Crippen molar-refractivity contribution in [2.75, 3.05) is 4.90 Å².